The molecular weight excluding hydrogens is 214 g/mol. The number of aliphatic imine (C=N–C) groups is 1. The smallest absolute Gasteiger partial charge is 0.0500 e. The van der Waals surface area contributed by atoms with Crippen molar-refractivity contribution >= 4 is 17.6 Å². The number of rotatable bonds is 3. The number of hydrogen-bond donors (Lipinski definition) is 0. The standard InChI is InChI=1S/C14H21NS/c1-3-13-9-11(2)14(16-13)10-15-12-7-5-4-6-8-12/h9-10,12H,3-8H2,1-2H3. The zero-order chi connectivity index (χ0) is 11.4. The summed E-state index contributed by atoms with van der Waals surface area (Å²) in [7, 11) is 0. The van der Waals surface area contributed by atoms with E-state index in [1.165, 1.54) is 47.4 Å². The molecule has 1 nitrogen and oxygen atoms in total. The first-order valence-electron chi connectivity index (χ1n) is 6.42. The Hall–Kier alpha value is -0.630. The van der Waals surface area contributed by atoms with Crippen molar-refractivity contribution in [3.8, 4) is 0 Å². The SMILES string of the molecule is CCc1cc(C)c(C=NC2CCCCC2)s1. The summed E-state index contributed by atoms with van der Waals surface area (Å²) < 4.78 is 0. The van der Waals surface area contributed by atoms with Gasteiger partial charge in [-0.15, -0.1) is 11.3 Å². The second-order valence-corrected chi connectivity index (χ2v) is 5.85. The maximum Gasteiger partial charge on any atom is 0.0500 e. The topological polar surface area (TPSA) is 12.4 Å². The average Bonchev–Trinajstić information content (AvgIpc) is 2.69. The Labute approximate surface area is 103 Å². The highest BCUT2D eigenvalue weighted by molar-refractivity contribution is 7.13. The van der Waals surface area contributed by atoms with Crippen LogP contribution in [0.25, 0.3) is 0 Å². The molecule has 0 saturated heterocycles. The van der Waals surface area contributed by atoms with Crippen LogP contribution in [0.3, 0.4) is 0 Å². The lowest BCUT2D eigenvalue weighted by Crippen LogP contribution is -2.09. The molecule has 0 amide bonds. The molecule has 1 saturated carbocycles. The maximum absolute atomic E-state index is 4.75. The van der Waals surface area contributed by atoms with Crippen LogP contribution in [-0.4, -0.2) is 12.3 Å². The fraction of sp³-hybridized carbons (Fsp3) is 0.643. The highest BCUT2D eigenvalue weighted by Crippen LogP contribution is 2.23. The molecule has 2 heteroatoms. The van der Waals surface area contributed by atoms with E-state index in [4.69, 9.17) is 4.99 Å². The maximum atomic E-state index is 4.75. The molecule has 0 aliphatic heterocycles. The van der Waals surface area contributed by atoms with Crippen molar-refractivity contribution in [2.45, 2.75) is 58.4 Å². The molecule has 0 spiro atoms. The van der Waals surface area contributed by atoms with Crippen LogP contribution in [-0.2, 0) is 6.42 Å². The number of thiophene rings is 1. The zero-order valence-corrected chi connectivity index (χ0v) is 11.1. The Morgan fingerprint density at radius 3 is 2.75 bits per heavy atom. The second-order valence-electron chi connectivity index (χ2n) is 4.68. The molecular formula is C14H21NS. The van der Waals surface area contributed by atoms with Gasteiger partial charge in [0.05, 0.1) is 0 Å². The van der Waals surface area contributed by atoms with Crippen molar-refractivity contribution in [3.63, 3.8) is 0 Å². The first-order chi connectivity index (χ1) is 7.79. The lowest BCUT2D eigenvalue weighted by Gasteiger charge is -2.16. The van der Waals surface area contributed by atoms with Gasteiger partial charge in [-0.1, -0.05) is 26.2 Å². The molecule has 1 fully saturated rings. The molecule has 0 unspecified atom stereocenters. The largest absolute Gasteiger partial charge is 0.288 e. The third-order valence-electron chi connectivity index (χ3n) is 3.33. The van der Waals surface area contributed by atoms with Gasteiger partial charge in [0.1, 0.15) is 0 Å². The van der Waals surface area contributed by atoms with Crippen LogP contribution in [0, 0.1) is 6.92 Å². The van der Waals surface area contributed by atoms with Crippen molar-refractivity contribution in [2.24, 2.45) is 4.99 Å². The van der Waals surface area contributed by atoms with Crippen molar-refractivity contribution in [3.05, 3.63) is 21.4 Å². The second kappa shape index (κ2) is 5.62. The van der Waals surface area contributed by atoms with Gasteiger partial charge < -0.3 is 0 Å². The zero-order valence-electron chi connectivity index (χ0n) is 10.3. The lowest BCUT2D eigenvalue weighted by molar-refractivity contribution is 0.444. The van der Waals surface area contributed by atoms with Crippen molar-refractivity contribution in [1.82, 2.24) is 0 Å². The van der Waals surface area contributed by atoms with E-state index in [0.29, 0.717) is 6.04 Å². The number of hydrogen-bond acceptors (Lipinski definition) is 2. The minimum absolute atomic E-state index is 0.598. The number of nitrogens with zero attached hydrogens (tertiary/aromatic N) is 1. The molecule has 0 bridgehead atoms. The Balaban J connectivity index is 2.01. The van der Waals surface area contributed by atoms with Crippen molar-refractivity contribution in [2.75, 3.05) is 0 Å². The fourth-order valence-corrected chi connectivity index (χ4v) is 3.27. The molecule has 2 rings (SSSR count). The molecule has 0 radical (unpaired) electrons. The van der Waals surface area contributed by atoms with Crippen LogP contribution < -0.4 is 0 Å². The fourth-order valence-electron chi connectivity index (χ4n) is 2.27. The number of aryl methyl sites for hydroxylation is 2. The lowest BCUT2D eigenvalue weighted by atomic mass is 9.96. The first-order valence-corrected chi connectivity index (χ1v) is 7.23. The Morgan fingerprint density at radius 2 is 2.12 bits per heavy atom. The van der Waals surface area contributed by atoms with E-state index in [0.717, 1.165) is 6.42 Å². The van der Waals surface area contributed by atoms with Crippen molar-refractivity contribution in [1.29, 1.82) is 0 Å². The van der Waals surface area contributed by atoms with Crippen LogP contribution >= 0.6 is 11.3 Å². The summed E-state index contributed by atoms with van der Waals surface area (Å²) in [5.74, 6) is 0. The van der Waals surface area contributed by atoms with Crippen LogP contribution in [0.5, 0.6) is 0 Å². The van der Waals surface area contributed by atoms with Gasteiger partial charge in [0, 0.05) is 22.0 Å². The van der Waals surface area contributed by atoms with E-state index in [1.807, 2.05) is 11.3 Å². The minimum Gasteiger partial charge on any atom is -0.288 e. The van der Waals surface area contributed by atoms with Crippen molar-refractivity contribution < 1.29 is 0 Å². The molecule has 1 aliphatic carbocycles. The Bertz CT molecular complexity index is 359. The van der Waals surface area contributed by atoms with Gasteiger partial charge in [0.25, 0.3) is 0 Å². The molecule has 1 aromatic rings. The highest BCUT2D eigenvalue weighted by Gasteiger charge is 2.11. The van der Waals surface area contributed by atoms with Gasteiger partial charge in [-0.2, -0.15) is 0 Å². The average molecular weight is 235 g/mol. The normalized spacial score (nSPS) is 18.4. The molecule has 1 aromatic heterocycles. The molecule has 0 atom stereocenters. The summed E-state index contributed by atoms with van der Waals surface area (Å²) in [5, 5.41) is 0. The first kappa shape index (κ1) is 11.8. The molecule has 0 N–H and O–H groups in total. The monoisotopic (exact) mass is 235 g/mol. The van der Waals surface area contributed by atoms with Crippen LogP contribution in [0.1, 0.15) is 54.3 Å². The van der Waals surface area contributed by atoms with Gasteiger partial charge in [-0.25, -0.2) is 0 Å². The van der Waals surface area contributed by atoms with Crippen LogP contribution in [0.15, 0.2) is 11.1 Å². The minimum atomic E-state index is 0.598. The predicted molar refractivity (Wildman–Crippen MR) is 72.9 cm³/mol. The molecule has 88 valence electrons. The summed E-state index contributed by atoms with van der Waals surface area (Å²) in [4.78, 5) is 7.59. The van der Waals surface area contributed by atoms with E-state index in [2.05, 4.69) is 26.1 Å². The predicted octanol–water partition coefficient (Wildman–Crippen LogP) is 4.37. The van der Waals surface area contributed by atoms with Gasteiger partial charge in [0.2, 0.25) is 0 Å². The highest BCUT2D eigenvalue weighted by atomic mass is 32.1. The van der Waals surface area contributed by atoms with Crippen LogP contribution in [0.4, 0.5) is 0 Å². The molecule has 0 aromatic carbocycles. The van der Waals surface area contributed by atoms with Gasteiger partial charge in [0.15, 0.2) is 0 Å². The van der Waals surface area contributed by atoms with E-state index >= 15 is 0 Å². The summed E-state index contributed by atoms with van der Waals surface area (Å²) in [6, 6.07) is 2.90. The van der Waals surface area contributed by atoms with E-state index < -0.39 is 0 Å². The Morgan fingerprint density at radius 1 is 1.38 bits per heavy atom. The van der Waals surface area contributed by atoms with Crippen LogP contribution in [0.2, 0.25) is 0 Å². The third kappa shape index (κ3) is 2.94. The van der Waals surface area contributed by atoms with E-state index in [-0.39, 0.29) is 0 Å². The van der Waals surface area contributed by atoms with Gasteiger partial charge in [-0.05, 0) is 37.8 Å². The quantitative estimate of drug-likeness (QED) is 0.690. The van der Waals surface area contributed by atoms with E-state index in [1.54, 1.807) is 0 Å². The molecule has 1 heterocycles. The van der Waals surface area contributed by atoms with Gasteiger partial charge >= 0.3 is 0 Å². The summed E-state index contributed by atoms with van der Waals surface area (Å²) in [5.41, 5.74) is 1.39. The summed E-state index contributed by atoms with van der Waals surface area (Å²) in [6.07, 6.45) is 9.99. The van der Waals surface area contributed by atoms with E-state index in [9.17, 15) is 0 Å². The molecule has 1 aliphatic rings. The molecule has 16 heavy (non-hydrogen) atoms. The third-order valence-corrected chi connectivity index (χ3v) is 4.65. The summed E-state index contributed by atoms with van der Waals surface area (Å²) >= 11 is 1.90. The summed E-state index contributed by atoms with van der Waals surface area (Å²) in [6.45, 7) is 4.41. The Kier molecular flexibility index (Phi) is 4.16. The van der Waals surface area contributed by atoms with Gasteiger partial charge in [-0.3, -0.25) is 4.99 Å².